The minimum absolute atomic E-state index is 0.143. The van der Waals surface area contributed by atoms with E-state index in [4.69, 9.17) is 0 Å². The molecule has 1 aliphatic rings. The van der Waals surface area contributed by atoms with E-state index in [1.807, 2.05) is 0 Å². The fourth-order valence-electron chi connectivity index (χ4n) is 1.61. The lowest BCUT2D eigenvalue weighted by Gasteiger charge is -2.20. The number of amides is 1. The van der Waals surface area contributed by atoms with Crippen molar-refractivity contribution < 1.29 is 4.79 Å². The molecule has 1 saturated carbocycles. The van der Waals surface area contributed by atoms with Gasteiger partial charge in [-0.15, -0.1) is 0 Å². The molecule has 1 fully saturated rings. The molecule has 15 heavy (non-hydrogen) atoms. The topological polar surface area (TPSA) is 35.6 Å². The average molecular weight is 213 g/mol. The molecule has 0 heterocycles. The lowest BCUT2D eigenvalue weighted by Crippen LogP contribution is -2.38. The van der Waals surface area contributed by atoms with Gasteiger partial charge >= 0.3 is 0 Å². The molecule has 1 rings (SSSR count). The Morgan fingerprint density at radius 1 is 1.40 bits per heavy atom. The fourth-order valence-corrected chi connectivity index (χ4v) is 1.61. The maximum Gasteiger partial charge on any atom is 0.236 e. The van der Waals surface area contributed by atoms with Gasteiger partial charge in [0.05, 0.1) is 6.54 Å². The SMILES string of the molecule is CCN(CCNCC(=O)N(C)C)C1CC1. The van der Waals surface area contributed by atoms with Crippen LogP contribution in [-0.2, 0) is 4.79 Å². The first kappa shape index (κ1) is 12.5. The summed E-state index contributed by atoms with van der Waals surface area (Å²) in [6, 6.07) is 0.821. The Morgan fingerprint density at radius 3 is 2.53 bits per heavy atom. The van der Waals surface area contributed by atoms with Crippen molar-refractivity contribution in [3.8, 4) is 0 Å². The van der Waals surface area contributed by atoms with E-state index in [1.165, 1.54) is 12.8 Å². The van der Waals surface area contributed by atoms with Gasteiger partial charge in [-0.1, -0.05) is 6.92 Å². The second-order valence-electron chi connectivity index (χ2n) is 4.32. The Kier molecular flexibility index (Phi) is 5.05. The Hall–Kier alpha value is -0.610. The predicted octanol–water partition coefficient (Wildman–Crippen LogP) is 0.149. The van der Waals surface area contributed by atoms with E-state index in [1.54, 1.807) is 19.0 Å². The minimum Gasteiger partial charge on any atom is -0.348 e. The number of carbonyl (C=O) groups excluding carboxylic acids is 1. The number of likely N-dealkylation sites (N-methyl/N-ethyl adjacent to an activating group) is 2. The molecule has 0 saturated heterocycles. The van der Waals surface area contributed by atoms with Gasteiger partial charge in [-0.3, -0.25) is 9.69 Å². The number of nitrogens with one attached hydrogen (secondary N) is 1. The third-order valence-corrected chi connectivity index (χ3v) is 2.82. The van der Waals surface area contributed by atoms with Crippen molar-refractivity contribution in [1.29, 1.82) is 0 Å². The fraction of sp³-hybridized carbons (Fsp3) is 0.909. The van der Waals surface area contributed by atoms with Crippen molar-refractivity contribution in [2.75, 3.05) is 40.3 Å². The van der Waals surface area contributed by atoms with E-state index in [0.717, 1.165) is 25.7 Å². The highest BCUT2D eigenvalue weighted by molar-refractivity contribution is 5.77. The zero-order valence-electron chi connectivity index (χ0n) is 10.1. The quantitative estimate of drug-likeness (QED) is 0.611. The van der Waals surface area contributed by atoms with Gasteiger partial charge in [0.1, 0.15) is 0 Å². The Labute approximate surface area is 92.6 Å². The summed E-state index contributed by atoms with van der Waals surface area (Å²) in [7, 11) is 3.57. The summed E-state index contributed by atoms with van der Waals surface area (Å²) in [5, 5.41) is 3.18. The van der Waals surface area contributed by atoms with Crippen molar-refractivity contribution in [1.82, 2.24) is 15.1 Å². The lowest BCUT2D eigenvalue weighted by molar-refractivity contribution is -0.127. The largest absolute Gasteiger partial charge is 0.348 e. The highest BCUT2D eigenvalue weighted by Gasteiger charge is 2.26. The molecule has 4 nitrogen and oxygen atoms in total. The maximum absolute atomic E-state index is 11.3. The van der Waals surface area contributed by atoms with Gasteiger partial charge in [-0.2, -0.15) is 0 Å². The van der Waals surface area contributed by atoms with Gasteiger partial charge in [0.15, 0.2) is 0 Å². The van der Waals surface area contributed by atoms with Crippen LogP contribution in [-0.4, -0.2) is 62.0 Å². The van der Waals surface area contributed by atoms with Crippen LogP contribution in [0.1, 0.15) is 19.8 Å². The van der Waals surface area contributed by atoms with Crippen LogP contribution in [0.25, 0.3) is 0 Å². The summed E-state index contributed by atoms with van der Waals surface area (Å²) in [5.41, 5.74) is 0. The van der Waals surface area contributed by atoms with E-state index in [2.05, 4.69) is 17.1 Å². The number of carbonyl (C=O) groups is 1. The van der Waals surface area contributed by atoms with Crippen molar-refractivity contribution >= 4 is 5.91 Å². The molecule has 0 aromatic carbocycles. The van der Waals surface area contributed by atoms with Crippen LogP contribution in [0.4, 0.5) is 0 Å². The molecule has 0 aliphatic heterocycles. The minimum atomic E-state index is 0.143. The van der Waals surface area contributed by atoms with Gasteiger partial charge in [-0.05, 0) is 19.4 Å². The molecule has 0 radical (unpaired) electrons. The molecule has 4 heteroatoms. The number of hydrogen-bond donors (Lipinski definition) is 1. The zero-order valence-corrected chi connectivity index (χ0v) is 10.1. The highest BCUT2D eigenvalue weighted by atomic mass is 16.2. The number of rotatable bonds is 7. The first-order valence-corrected chi connectivity index (χ1v) is 5.80. The molecule has 0 atom stereocenters. The summed E-state index contributed by atoms with van der Waals surface area (Å²) in [6.07, 6.45) is 2.70. The van der Waals surface area contributed by atoms with Crippen LogP contribution in [0.15, 0.2) is 0 Å². The predicted molar refractivity (Wildman–Crippen MR) is 61.8 cm³/mol. The van der Waals surface area contributed by atoms with Crippen molar-refractivity contribution in [3.05, 3.63) is 0 Å². The molecule has 0 aromatic rings. The van der Waals surface area contributed by atoms with Gasteiger partial charge in [0.2, 0.25) is 5.91 Å². The second-order valence-corrected chi connectivity index (χ2v) is 4.32. The molecule has 1 amide bonds. The maximum atomic E-state index is 11.3. The number of hydrogen-bond acceptors (Lipinski definition) is 3. The van der Waals surface area contributed by atoms with Crippen LogP contribution >= 0.6 is 0 Å². The lowest BCUT2D eigenvalue weighted by atomic mass is 10.4. The zero-order chi connectivity index (χ0) is 11.3. The third-order valence-electron chi connectivity index (χ3n) is 2.82. The Bertz CT molecular complexity index is 202. The van der Waals surface area contributed by atoms with Gasteiger partial charge in [-0.25, -0.2) is 0 Å². The van der Waals surface area contributed by atoms with Gasteiger partial charge in [0, 0.05) is 33.2 Å². The molecule has 0 unspecified atom stereocenters. The summed E-state index contributed by atoms with van der Waals surface area (Å²) in [5.74, 6) is 0.143. The molecule has 0 bridgehead atoms. The van der Waals surface area contributed by atoms with Gasteiger partial charge in [0.25, 0.3) is 0 Å². The standard InChI is InChI=1S/C11H23N3O/c1-4-14(10-5-6-10)8-7-12-9-11(15)13(2)3/h10,12H,4-9H2,1-3H3. The molecule has 1 N–H and O–H groups in total. The van der Waals surface area contributed by atoms with E-state index in [-0.39, 0.29) is 5.91 Å². The third kappa shape index (κ3) is 4.62. The van der Waals surface area contributed by atoms with Crippen LogP contribution < -0.4 is 5.32 Å². The first-order valence-electron chi connectivity index (χ1n) is 5.80. The molecular formula is C11H23N3O. The molecule has 88 valence electrons. The number of nitrogens with zero attached hydrogens (tertiary/aromatic N) is 2. The van der Waals surface area contributed by atoms with Crippen molar-refractivity contribution in [3.63, 3.8) is 0 Å². The molecule has 0 spiro atoms. The Morgan fingerprint density at radius 2 is 2.07 bits per heavy atom. The Balaban J connectivity index is 2.02. The monoisotopic (exact) mass is 213 g/mol. The summed E-state index contributed by atoms with van der Waals surface area (Å²) < 4.78 is 0. The van der Waals surface area contributed by atoms with E-state index < -0.39 is 0 Å². The average Bonchev–Trinajstić information content (AvgIpc) is 3.01. The molecule has 1 aliphatic carbocycles. The van der Waals surface area contributed by atoms with Crippen molar-refractivity contribution in [2.24, 2.45) is 0 Å². The van der Waals surface area contributed by atoms with E-state index in [9.17, 15) is 4.79 Å². The normalized spacial score (nSPS) is 15.7. The first-order chi connectivity index (χ1) is 7.15. The summed E-state index contributed by atoms with van der Waals surface area (Å²) in [6.45, 7) is 5.73. The van der Waals surface area contributed by atoms with Crippen LogP contribution in [0, 0.1) is 0 Å². The van der Waals surface area contributed by atoms with Gasteiger partial charge < -0.3 is 10.2 Å². The molecule has 0 aromatic heterocycles. The summed E-state index contributed by atoms with van der Waals surface area (Å²) in [4.78, 5) is 15.3. The van der Waals surface area contributed by atoms with Crippen LogP contribution in [0.5, 0.6) is 0 Å². The molecular weight excluding hydrogens is 190 g/mol. The van der Waals surface area contributed by atoms with E-state index in [0.29, 0.717) is 6.54 Å². The van der Waals surface area contributed by atoms with E-state index >= 15 is 0 Å². The van der Waals surface area contributed by atoms with Crippen LogP contribution in [0.2, 0.25) is 0 Å². The van der Waals surface area contributed by atoms with Crippen LogP contribution in [0.3, 0.4) is 0 Å². The van der Waals surface area contributed by atoms with Crippen molar-refractivity contribution in [2.45, 2.75) is 25.8 Å². The smallest absolute Gasteiger partial charge is 0.236 e. The highest BCUT2D eigenvalue weighted by Crippen LogP contribution is 2.25. The summed E-state index contributed by atoms with van der Waals surface area (Å²) >= 11 is 0. The second kappa shape index (κ2) is 6.08.